The van der Waals surface area contributed by atoms with E-state index in [1.807, 2.05) is 30.3 Å². The van der Waals surface area contributed by atoms with Crippen LogP contribution in [0.4, 0.5) is 5.69 Å². The summed E-state index contributed by atoms with van der Waals surface area (Å²) in [6.07, 6.45) is 1.65. The number of carboxylic acids is 1. The number of benzene rings is 1. The molecule has 0 saturated carbocycles. The van der Waals surface area contributed by atoms with Crippen molar-refractivity contribution >= 4 is 40.6 Å². The molecule has 0 spiro atoms. The molecule has 1 aromatic rings. The first-order valence-corrected chi connectivity index (χ1v) is 5.97. The summed E-state index contributed by atoms with van der Waals surface area (Å²) in [6.45, 7) is 3.86. The zero-order valence-corrected chi connectivity index (χ0v) is 14.3. The van der Waals surface area contributed by atoms with E-state index in [2.05, 4.69) is 12.2 Å². The maximum absolute atomic E-state index is 11.7. The molecule has 0 radical (unpaired) electrons. The molecular formula is C14H18BrMgNO3. The van der Waals surface area contributed by atoms with E-state index in [1.165, 1.54) is 0 Å². The van der Waals surface area contributed by atoms with Gasteiger partial charge in [-0.3, -0.25) is 9.59 Å². The van der Waals surface area contributed by atoms with Crippen LogP contribution in [0, 0.1) is 12.8 Å². The van der Waals surface area contributed by atoms with Gasteiger partial charge in [-0.1, -0.05) is 24.6 Å². The van der Waals surface area contributed by atoms with Crippen molar-refractivity contribution in [3.8, 4) is 0 Å². The van der Waals surface area contributed by atoms with Gasteiger partial charge < -0.3 is 34.3 Å². The summed E-state index contributed by atoms with van der Waals surface area (Å²) >= 11 is 0. The van der Waals surface area contributed by atoms with Crippen LogP contribution in [0.15, 0.2) is 30.3 Å². The Morgan fingerprint density at radius 1 is 1.25 bits per heavy atom. The molecule has 0 saturated heterocycles. The van der Waals surface area contributed by atoms with Gasteiger partial charge in [-0.25, -0.2) is 0 Å². The molecule has 1 rings (SSSR count). The van der Waals surface area contributed by atoms with Crippen LogP contribution in [0.2, 0.25) is 0 Å². The number of rotatable bonds is 7. The molecule has 4 nitrogen and oxygen atoms in total. The van der Waals surface area contributed by atoms with Crippen LogP contribution in [-0.4, -0.2) is 40.0 Å². The number of halogens is 1. The minimum Gasteiger partial charge on any atom is -1.00 e. The monoisotopic (exact) mass is 351 g/mol. The SMILES string of the molecule is [Br-].[CH2-]C(CCCC(=O)O)CC(=O)Nc1ccccc1.[Mg+2]. The van der Waals surface area contributed by atoms with Gasteiger partial charge in [0.2, 0.25) is 5.91 Å². The maximum Gasteiger partial charge on any atom is 2.00 e. The van der Waals surface area contributed by atoms with E-state index in [-0.39, 0.29) is 58.3 Å². The first-order valence-electron chi connectivity index (χ1n) is 5.97. The smallest absolute Gasteiger partial charge is 1.00 e. The predicted molar refractivity (Wildman–Crippen MR) is 75.8 cm³/mol. The standard InChI is InChI=1S/C14H18NO3.BrH.Mg/c1-11(6-5-9-14(17)18)10-13(16)15-12-7-3-2-4-8-12;;/h2-4,7-8,11H,1,5-6,9-10H2,(H,15,16)(H,17,18);1H;/q-1;;+2/p-1. The molecule has 1 atom stereocenters. The summed E-state index contributed by atoms with van der Waals surface area (Å²) in [7, 11) is 0. The van der Waals surface area contributed by atoms with E-state index < -0.39 is 5.97 Å². The average Bonchev–Trinajstić information content (AvgIpc) is 2.29. The third kappa shape index (κ3) is 10.2. The van der Waals surface area contributed by atoms with Crippen molar-refractivity contribution < 1.29 is 31.7 Å². The molecule has 6 heteroatoms. The Morgan fingerprint density at radius 3 is 2.40 bits per heavy atom. The van der Waals surface area contributed by atoms with Gasteiger partial charge in [0, 0.05) is 18.5 Å². The van der Waals surface area contributed by atoms with E-state index in [4.69, 9.17) is 5.11 Å². The second-order valence-electron chi connectivity index (χ2n) is 4.27. The third-order valence-corrected chi connectivity index (χ3v) is 2.53. The molecule has 0 heterocycles. The molecule has 1 aromatic carbocycles. The first kappa shape index (κ1) is 21.7. The number of para-hydroxylation sites is 1. The zero-order chi connectivity index (χ0) is 13.4. The summed E-state index contributed by atoms with van der Waals surface area (Å²) in [5.74, 6) is -0.944. The fourth-order valence-electron chi connectivity index (χ4n) is 1.64. The van der Waals surface area contributed by atoms with Crippen molar-refractivity contribution in [1.29, 1.82) is 0 Å². The van der Waals surface area contributed by atoms with Crippen molar-refractivity contribution in [2.75, 3.05) is 5.32 Å². The van der Waals surface area contributed by atoms with Crippen LogP contribution in [0.5, 0.6) is 0 Å². The third-order valence-electron chi connectivity index (χ3n) is 2.53. The quantitative estimate of drug-likeness (QED) is 0.506. The van der Waals surface area contributed by atoms with Crippen LogP contribution in [-0.2, 0) is 9.59 Å². The number of hydrogen-bond acceptors (Lipinski definition) is 2. The number of carbonyl (C=O) groups is 2. The number of anilines is 1. The predicted octanol–water partition coefficient (Wildman–Crippen LogP) is -0.656. The number of carbonyl (C=O) groups excluding carboxylic acids is 1. The summed E-state index contributed by atoms with van der Waals surface area (Å²) in [4.78, 5) is 22.0. The minimum absolute atomic E-state index is 0. The second kappa shape index (κ2) is 12.2. The largest absolute Gasteiger partial charge is 2.00 e. The van der Waals surface area contributed by atoms with E-state index in [0.29, 0.717) is 19.3 Å². The Kier molecular flexibility index (Phi) is 13.2. The molecule has 0 aliphatic rings. The van der Waals surface area contributed by atoms with Gasteiger partial charge in [-0.15, -0.1) is 0 Å². The Labute approximate surface area is 146 Å². The fourth-order valence-corrected chi connectivity index (χ4v) is 1.64. The van der Waals surface area contributed by atoms with Crippen LogP contribution >= 0.6 is 0 Å². The average molecular weight is 353 g/mol. The summed E-state index contributed by atoms with van der Waals surface area (Å²) < 4.78 is 0. The maximum atomic E-state index is 11.7. The van der Waals surface area contributed by atoms with Gasteiger partial charge in [0.25, 0.3) is 0 Å². The number of amides is 1. The van der Waals surface area contributed by atoms with Gasteiger partial charge in [0.1, 0.15) is 0 Å². The molecule has 106 valence electrons. The topological polar surface area (TPSA) is 66.4 Å². The van der Waals surface area contributed by atoms with Gasteiger partial charge in [0.15, 0.2) is 0 Å². The van der Waals surface area contributed by atoms with Gasteiger partial charge in [-0.05, 0) is 18.6 Å². The number of aliphatic carboxylic acids is 1. The van der Waals surface area contributed by atoms with E-state index in [1.54, 1.807) is 0 Å². The van der Waals surface area contributed by atoms with Crippen LogP contribution < -0.4 is 22.3 Å². The van der Waals surface area contributed by atoms with Crippen LogP contribution in [0.25, 0.3) is 0 Å². The summed E-state index contributed by atoms with van der Waals surface area (Å²) in [6, 6.07) is 9.22. The molecular weight excluding hydrogens is 334 g/mol. The van der Waals surface area contributed by atoms with E-state index >= 15 is 0 Å². The minimum atomic E-state index is -0.809. The molecule has 20 heavy (non-hydrogen) atoms. The molecule has 2 N–H and O–H groups in total. The van der Waals surface area contributed by atoms with Crippen molar-refractivity contribution in [1.82, 2.24) is 0 Å². The Balaban J connectivity index is 0. The van der Waals surface area contributed by atoms with Crippen LogP contribution in [0.1, 0.15) is 25.7 Å². The molecule has 1 amide bonds. The molecule has 0 aromatic heterocycles. The van der Waals surface area contributed by atoms with Gasteiger partial charge >= 0.3 is 29.0 Å². The van der Waals surface area contributed by atoms with E-state index in [0.717, 1.165) is 5.69 Å². The molecule has 1 unspecified atom stereocenters. The first-order chi connectivity index (χ1) is 8.58. The van der Waals surface area contributed by atoms with Gasteiger partial charge in [-0.2, -0.15) is 5.92 Å². The van der Waals surface area contributed by atoms with Crippen molar-refractivity contribution in [3.05, 3.63) is 37.3 Å². The molecule has 0 bridgehead atoms. The molecule has 0 aliphatic heterocycles. The van der Waals surface area contributed by atoms with Crippen molar-refractivity contribution in [3.63, 3.8) is 0 Å². The van der Waals surface area contributed by atoms with Gasteiger partial charge in [0.05, 0.1) is 0 Å². The normalized spacial score (nSPS) is 10.7. The summed E-state index contributed by atoms with van der Waals surface area (Å²) in [5.41, 5.74) is 0.764. The van der Waals surface area contributed by atoms with Crippen LogP contribution in [0.3, 0.4) is 0 Å². The van der Waals surface area contributed by atoms with Crippen molar-refractivity contribution in [2.24, 2.45) is 5.92 Å². The Hall–Kier alpha value is -0.594. The molecule has 0 aliphatic carbocycles. The Bertz CT molecular complexity index is 401. The zero-order valence-electron chi connectivity index (χ0n) is 11.3. The number of nitrogens with one attached hydrogen (secondary N) is 1. The Morgan fingerprint density at radius 2 is 1.85 bits per heavy atom. The number of hydrogen-bond donors (Lipinski definition) is 2. The fraction of sp³-hybridized carbons (Fsp3) is 0.357. The second-order valence-corrected chi connectivity index (χ2v) is 4.27. The van der Waals surface area contributed by atoms with Crippen molar-refractivity contribution in [2.45, 2.75) is 25.7 Å². The molecule has 0 fully saturated rings. The summed E-state index contributed by atoms with van der Waals surface area (Å²) in [5, 5.41) is 11.3. The number of carboxylic acid groups (broad SMARTS) is 1. The van der Waals surface area contributed by atoms with E-state index in [9.17, 15) is 9.59 Å².